The molecule has 6 rings (SSSR count). The van der Waals surface area contributed by atoms with Crippen molar-refractivity contribution in [3.63, 3.8) is 0 Å². The van der Waals surface area contributed by atoms with E-state index in [0.717, 1.165) is 56.5 Å². The maximum Gasteiger partial charge on any atom is 0.306 e. The largest absolute Gasteiger partial charge is 0.481 e. The van der Waals surface area contributed by atoms with Gasteiger partial charge in [-0.2, -0.15) is 4.98 Å². The number of benzene rings is 1. The maximum atomic E-state index is 11.3. The summed E-state index contributed by atoms with van der Waals surface area (Å²) >= 11 is 12.9. The van der Waals surface area contributed by atoms with Gasteiger partial charge in [-0.05, 0) is 62.2 Å². The molecule has 2 aliphatic carbocycles. The summed E-state index contributed by atoms with van der Waals surface area (Å²) in [5.41, 5.74) is 2.27. The smallest absolute Gasteiger partial charge is 0.306 e. The van der Waals surface area contributed by atoms with Gasteiger partial charge in [0.25, 0.3) is 5.95 Å². The van der Waals surface area contributed by atoms with Crippen LogP contribution in [0.15, 0.2) is 27.2 Å². The fourth-order valence-corrected chi connectivity index (χ4v) is 6.00. The predicted molar refractivity (Wildman–Crippen MR) is 136 cm³/mol. The van der Waals surface area contributed by atoms with E-state index in [2.05, 4.69) is 20.2 Å². The highest BCUT2D eigenvalue weighted by Gasteiger charge is 2.36. The Kier molecular flexibility index (Phi) is 6.86. The molecule has 0 amide bonds. The highest BCUT2D eigenvalue weighted by atomic mass is 35.5. The normalized spacial score (nSPS) is 22.6. The molecule has 2 saturated carbocycles. The molecule has 3 aliphatic rings. The number of anilines is 1. The van der Waals surface area contributed by atoms with Crippen LogP contribution in [-0.4, -0.2) is 45.6 Å². The van der Waals surface area contributed by atoms with Crippen molar-refractivity contribution in [3.8, 4) is 11.3 Å². The first-order valence-electron chi connectivity index (χ1n) is 12.8. The zero-order valence-corrected chi connectivity index (χ0v) is 21.7. The minimum absolute atomic E-state index is 0.0215. The number of rotatable bonds is 8. The van der Waals surface area contributed by atoms with Gasteiger partial charge < -0.3 is 23.8 Å². The van der Waals surface area contributed by atoms with Crippen LogP contribution < -0.4 is 4.90 Å². The molecule has 9 nitrogen and oxygen atoms in total. The summed E-state index contributed by atoms with van der Waals surface area (Å²) in [7, 11) is 0. The lowest BCUT2D eigenvalue weighted by Crippen LogP contribution is -2.37. The number of halogens is 2. The number of hydrogen-bond donors (Lipinski definition) is 1. The van der Waals surface area contributed by atoms with Crippen LogP contribution in [0.1, 0.15) is 74.0 Å². The highest BCUT2D eigenvalue weighted by Crippen LogP contribution is 2.46. The number of carboxylic acids is 1. The van der Waals surface area contributed by atoms with Gasteiger partial charge in [0.05, 0.1) is 28.7 Å². The van der Waals surface area contributed by atoms with Crippen molar-refractivity contribution in [2.24, 2.45) is 5.92 Å². The highest BCUT2D eigenvalue weighted by molar-refractivity contribution is 6.39. The van der Waals surface area contributed by atoms with Gasteiger partial charge >= 0.3 is 5.97 Å². The lowest BCUT2D eigenvalue weighted by atomic mass is 10.0. The fraction of sp³-hybridized carbons (Fsp3) is 0.538. The Morgan fingerprint density at radius 3 is 2.43 bits per heavy atom. The second kappa shape index (κ2) is 10.3. The van der Waals surface area contributed by atoms with E-state index in [1.807, 2.05) is 6.07 Å². The molecule has 1 saturated heterocycles. The van der Waals surface area contributed by atoms with Crippen molar-refractivity contribution in [2.75, 3.05) is 18.0 Å². The van der Waals surface area contributed by atoms with Crippen molar-refractivity contribution >= 4 is 35.1 Å². The van der Waals surface area contributed by atoms with Gasteiger partial charge in [0.15, 0.2) is 0 Å². The van der Waals surface area contributed by atoms with Gasteiger partial charge in [0, 0.05) is 36.1 Å². The van der Waals surface area contributed by atoms with Gasteiger partial charge in [-0.1, -0.05) is 34.4 Å². The van der Waals surface area contributed by atoms with E-state index in [9.17, 15) is 9.90 Å². The van der Waals surface area contributed by atoms with E-state index in [-0.39, 0.29) is 17.9 Å². The van der Waals surface area contributed by atoms with Crippen LogP contribution in [0.25, 0.3) is 11.3 Å². The van der Waals surface area contributed by atoms with E-state index in [0.29, 0.717) is 58.5 Å². The molecular weight excluding hydrogens is 519 g/mol. The molecule has 1 N–H and O–H groups in total. The zero-order chi connectivity index (χ0) is 25.5. The van der Waals surface area contributed by atoms with Gasteiger partial charge in [-0.3, -0.25) is 4.79 Å². The van der Waals surface area contributed by atoms with Crippen molar-refractivity contribution in [2.45, 2.75) is 69.5 Å². The number of carbonyl (C=O) groups is 1. The summed E-state index contributed by atoms with van der Waals surface area (Å²) in [5, 5.41) is 18.8. The third-order valence-electron chi connectivity index (χ3n) is 7.72. The lowest BCUT2D eigenvalue weighted by molar-refractivity contribution is -0.141. The Labute approximate surface area is 224 Å². The van der Waals surface area contributed by atoms with Crippen LogP contribution in [0.4, 0.5) is 5.95 Å². The summed E-state index contributed by atoms with van der Waals surface area (Å²) in [4.78, 5) is 17.9. The molecule has 37 heavy (non-hydrogen) atoms. The Hall–Kier alpha value is -2.62. The fourth-order valence-electron chi connectivity index (χ4n) is 5.42. The molecule has 0 spiro atoms. The Morgan fingerprint density at radius 2 is 1.76 bits per heavy atom. The van der Waals surface area contributed by atoms with Crippen LogP contribution in [-0.2, 0) is 16.1 Å². The number of carboxylic acid groups (broad SMARTS) is 1. The van der Waals surface area contributed by atoms with Crippen LogP contribution in [0.3, 0.4) is 0 Å². The maximum absolute atomic E-state index is 11.3. The molecular formula is C26H28Cl2N4O5. The average Bonchev–Trinajstić information content (AvgIpc) is 3.27. The summed E-state index contributed by atoms with van der Waals surface area (Å²) < 4.78 is 17.6. The molecule has 196 valence electrons. The number of piperidine rings is 1. The van der Waals surface area contributed by atoms with E-state index in [4.69, 9.17) is 37.0 Å². The van der Waals surface area contributed by atoms with Gasteiger partial charge in [-0.25, -0.2) is 0 Å². The molecule has 2 atom stereocenters. The molecule has 0 unspecified atom stereocenters. The van der Waals surface area contributed by atoms with Crippen molar-refractivity contribution in [1.82, 2.24) is 15.3 Å². The predicted octanol–water partition coefficient (Wildman–Crippen LogP) is 6.06. The Morgan fingerprint density at radius 1 is 1.03 bits per heavy atom. The monoisotopic (exact) mass is 546 g/mol. The topological polar surface area (TPSA) is 115 Å². The molecule has 2 aromatic heterocycles. The van der Waals surface area contributed by atoms with E-state index < -0.39 is 5.97 Å². The van der Waals surface area contributed by atoms with Crippen molar-refractivity contribution < 1.29 is 23.7 Å². The van der Waals surface area contributed by atoms with Crippen LogP contribution in [0.5, 0.6) is 0 Å². The van der Waals surface area contributed by atoms with Crippen molar-refractivity contribution in [1.29, 1.82) is 0 Å². The van der Waals surface area contributed by atoms with Gasteiger partial charge in [0.1, 0.15) is 11.5 Å². The Balaban J connectivity index is 1.08. The van der Waals surface area contributed by atoms with Crippen molar-refractivity contribution in [3.05, 3.63) is 45.5 Å². The molecule has 0 radical (unpaired) electrons. The molecule has 11 heteroatoms. The summed E-state index contributed by atoms with van der Waals surface area (Å²) in [6.45, 7) is 1.87. The van der Waals surface area contributed by atoms with Gasteiger partial charge in [0.2, 0.25) is 5.89 Å². The molecule has 0 bridgehead atoms. The summed E-state index contributed by atoms with van der Waals surface area (Å²) in [5.74, 6) is 1.31. The Bertz CT molecular complexity index is 1260. The van der Waals surface area contributed by atoms with Crippen LogP contribution >= 0.6 is 23.2 Å². The quantitative estimate of drug-likeness (QED) is 0.359. The lowest BCUT2D eigenvalue weighted by Gasteiger charge is -2.30. The zero-order valence-electron chi connectivity index (χ0n) is 20.2. The van der Waals surface area contributed by atoms with Gasteiger partial charge in [-0.15, -0.1) is 0 Å². The third-order valence-corrected chi connectivity index (χ3v) is 8.35. The molecule has 3 heterocycles. The van der Waals surface area contributed by atoms with E-state index in [1.165, 1.54) is 0 Å². The molecule has 1 aromatic carbocycles. The number of nitrogens with zero attached hydrogens (tertiary/aromatic N) is 4. The van der Waals surface area contributed by atoms with Crippen LogP contribution in [0.2, 0.25) is 10.0 Å². The first kappa shape index (κ1) is 24.7. The minimum atomic E-state index is -0.748. The SMILES string of the molecule is O=C(O)[C@@H]1CC[C@@H](c2nc(N3CCC(OCc4c(-c5c(Cl)cccc5Cl)noc4C4CC4)CC3)no2)C1. The molecule has 3 aromatic rings. The number of hydrogen-bond acceptors (Lipinski definition) is 8. The summed E-state index contributed by atoms with van der Waals surface area (Å²) in [6.07, 6.45) is 5.86. The van der Waals surface area contributed by atoms with E-state index in [1.54, 1.807) is 12.1 Å². The standard InChI is InChI=1S/C26H28Cl2N4O5/c27-19-2-1-3-20(28)21(19)22-18(23(36-30-22)14-4-5-14)13-35-17-8-10-32(11-9-17)26-29-24(37-31-26)15-6-7-16(12-15)25(33)34/h1-3,14-17H,4-13H2,(H,33,34)/t15-,16-/m1/s1. The average molecular weight is 547 g/mol. The minimum Gasteiger partial charge on any atom is -0.481 e. The molecule has 1 aliphatic heterocycles. The second-order valence-electron chi connectivity index (χ2n) is 10.2. The van der Waals surface area contributed by atoms with Crippen LogP contribution in [0, 0.1) is 5.92 Å². The van der Waals surface area contributed by atoms with E-state index >= 15 is 0 Å². The summed E-state index contributed by atoms with van der Waals surface area (Å²) in [6, 6.07) is 5.41. The number of ether oxygens (including phenoxy) is 1. The second-order valence-corrected chi connectivity index (χ2v) is 11.0. The number of aromatic nitrogens is 3. The number of aliphatic carboxylic acids is 1. The third kappa shape index (κ3) is 5.09. The first-order valence-corrected chi connectivity index (χ1v) is 13.6. The first-order chi connectivity index (χ1) is 18.0. The molecule has 3 fully saturated rings.